The average molecular weight is 951 g/mol. The van der Waals surface area contributed by atoms with Gasteiger partial charge in [0.25, 0.3) is 0 Å². The normalized spacial score (nSPS) is 11.1. The van der Waals surface area contributed by atoms with E-state index >= 15 is 0 Å². The van der Waals surface area contributed by atoms with Crippen LogP contribution in [0.4, 0.5) is 68.2 Å². The Morgan fingerprint density at radius 1 is 0.189 bits per heavy atom. The first-order valence-corrected chi connectivity index (χ1v) is 25.3. The Morgan fingerprint density at radius 3 is 0.635 bits per heavy atom. The second-order valence-corrected chi connectivity index (χ2v) is 18.7. The summed E-state index contributed by atoms with van der Waals surface area (Å²) in [5.41, 5.74) is 18.1. The molecule has 74 heavy (non-hydrogen) atoms. The molecule has 0 radical (unpaired) electrons. The van der Waals surface area contributed by atoms with Crippen molar-refractivity contribution in [1.29, 1.82) is 0 Å². The number of anilines is 12. The van der Waals surface area contributed by atoms with Crippen molar-refractivity contribution in [2.24, 2.45) is 0 Å². The Labute approximate surface area is 434 Å². The van der Waals surface area contributed by atoms with E-state index in [1.54, 1.807) is 0 Å². The zero-order valence-corrected chi connectivity index (χ0v) is 41.5. The average Bonchev–Trinajstić information content (AvgIpc) is 3.47. The summed E-state index contributed by atoms with van der Waals surface area (Å²) in [5, 5.41) is 4.76. The molecule has 0 heterocycles. The van der Waals surface area contributed by atoms with E-state index < -0.39 is 0 Å². The van der Waals surface area contributed by atoms with E-state index in [1.807, 2.05) is 0 Å². The quantitative estimate of drug-likeness (QED) is 0.114. The molecule has 0 aliphatic heterocycles. The molecule has 0 fully saturated rings. The topological polar surface area (TPSA) is 13.0 Å². The maximum atomic E-state index is 2.41. The first-order valence-electron chi connectivity index (χ1n) is 25.3. The van der Waals surface area contributed by atoms with E-state index in [1.165, 1.54) is 43.8 Å². The van der Waals surface area contributed by atoms with E-state index in [0.29, 0.717) is 0 Å². The molecule has 4 nitrogen and oxygen atoms in total. The highest BCUT2D eigenvalue weighted by Gasteiger charge is 2.25. The van der Waals surface area contributed by atoms with Gasteiger partial charge in [-0.2, -0.15) is 0 Å². The van der Waals surface area contributed by atoms with Crippen LogP contribution in [0.3, 0.4) is 0 Å². The molecule has 0 amide bonds. The Morgan fingerprint density at radius 2 is 0.378 bits per heavy atom. The lowest BCUT2D eigenvalue weighted by Crippen LogP contribution is -2.13. The van der Waals surface area contributed by atoms with Crippen molar-refractivity contribution in [3.8, 4) is 11.1 Å². The van der Waals surface area contributed by atoms with Gasteiger partial charge in [-0.15, -0.1) is 0 Å². The highest BCUT2D eigenvalue weighted by atomic mass is 15.2. The number of rotatable bonds is 13. The van der Waals surface area contributed by atoms with Crippen LogP contribution in [0, 0.1) is 13.8 Å². The zero-order valence-electron chi connectivity index (χ0n) is 41.5. The van der Waals surface area contributed by atoms with Gasteiger partial charge in [0.15, 0.2) is 0 Å². The lowest BCUT2D eigenvalue weighted by atomic mass is 9.86. The van der Waals surface area contributed by atoms with Gasteiger partial charge in [0, 0.05) is 67.6 Å². The van der Waals surface area contributed by atoms with Crippen molar-refractivity contribution in [3.63, 3.8) is 0 Å². The Bertz CT molecular complexity index is 3490. The van der Waals surface area contributed by atoms with Crippen molar-refractivity contribution in [2.75, 3.05) is 19.6 Å². The van der Waals surface area contributed by atoms with Gasteiger partial charge in [-0.1, -0.05) is 158 Å². The minimum atomic E-state index is 1.08. The predicted molar refractivity (Wildman–Crippen MR) is 315 cm³/mol. The fourth-order valence-electron chi connectivity index (χ4n) is 10.7. The third-order valence-electron chi connectivity index (χ3n) is 14.0. The number of aryl methyl sites for hydroxylation is 2. The number of fused-ring (bicyclic) bond motifs is 2. The summed E-state index contributed by atoms with van der Waals surface area (Å²) in [6.07, 6.45) is 0. The van der Waals surface area contributed by atoms with Gasteiger partial charge < -0.3 is 19.6 Å². The van der Waals surface area contributed by atoms with Crippen LogP contribution in [0.25, 0.3) is 32.7 Å². The van der Waals surface area contributed by atoms with Crippen LogP contribution in [0.5, 0.6) is 0 Å². The molecular formula is C70H54N4. The maximum Gasteiger partial charge on any atom is 0.0543 e. The number of nitrogens with zero attached hydrogens (tertiary/aromatic N) is 4. The molecule has 0 aliphatic rings. The summed E-state index contributed by atoms with van der Waals surface area (Å²) >= 11 is 0. The van der Waals surface area contributed by atoms with Crippen molar-refractivity contribution in [1.82, 2.24) is 0 Å². The van der Waals surface area contributed by atoms with Crippen LogP contribution in [0.15, 0.2) is 291 Å². The van der Waals surface area contributed by atoms with Gasteiger partial charge in [-0.3, -0.25) is 0 Å². The van der Waals surface area contributed by atoms with Crippen molar-refractivity contribution >= 4 is 89.8 Å². The van der Waals surface area contributed by atoms with Gasteiger partial charge in [-0.05, 0) is 180 Å². The van der Waals surface area contributed by atoms with Crippen molar-refractivity contribution in [2.45, 2.75) is 13.8 Å². The summed E-state index contributed by atoms with van der Waals surface area (Å²) in [6.45, 7) is 4.56. The monoisotopic (exact) mass is 950 g/mol. The molecule has 12 aromatic rings. The largest absolute Gasteiger partial charge is 0.311 e. The molecule has 0 spiro atoms. The SMILES string of the molecule is Cc1cc(N(c2ccccc2)c2ccc(N(c3ccccc3)c3ccccc3)cc2)c2ccccc2c1-c1c(C)cc(N(c2ccccc2)c2ccc(N(c3ccccc3)c3ccccc3)cc2)c2ccccc12. The van der Waals surface area contributed by atoms with Gasteiger partial charge in [0.2, 0.25) is 0 Å². The van der Waals surface area contributed by atoms with Crippen LogP contribution in [0.2, 0.25) is 0 Å². The summed E-state index contributed by atoms with van der Waals surface area (Å²) < 4.78 is 0. The number of para-hydroxylation sites is 6. The smallest absolute Gasteiger partial charge is 0.0543 e. The molecule has 0 saturated heterocycles. The van der Waals surface area contributed by atoms with Gasteiger partial charge in [0.05, 0.1) is 11.4 Å². The third kappa shape index (κ3) is 8.69. The van der Waals surface area contributed by atoms with Crippen LogP contribution >= 0.6 is 0 Å². The summed E-state index contributed by atoms with van der Waals surface area (Å²) in [5.74, 6) is 0. The molecule has 354 valence electrons. The maximum absolute atomic E-state index is 2.41. The standard InChI is InChI=1S/C70H54N4/c1-51-49-67(73(57-33-17-7-18-34-57)61-45-41-59(42-46-61)71(53-25-9-3-10-26-53)54-27-11-4-12-28-54)63-37-21-23-39-65(63)69(51)70-52(2)50-68(64-38-22-24-40-66(64)70)74(58-35-19-8-20-36-58)62-47-43-60(44-48-62)72(55-29-13-5-14-30-55)56-31-15-6-16-32-56/h3-50H,1-2H3. The summed E-state index contributed by atoms with van der Waals surface area (Å²) in [7, 11) is 0. The summed E-state index contributed by atoms with van der Waals surface area (Å²) in [6, 6.07) is 104. The lowest BCUT2D eigenvalue weighted by Gasteiger charge is -2.31. The van der Waals surface area contributed by atoms with Crippen molar-refractivity contribution in [3.05, 3.63) is 302 Å². The van der Waals surface area contributed by atoms with Gasteiger partial charge >= 0.3 is 0 Å². The number of benzene rings is 12. The minimum Gasteiger partial charge on any atom is -0.311 e. The minimum absolute atomic E-state index is 1.08. The van der Waals surface area contributed by atoms with Gasteiger partial charge in [0.1, 0.15) is 0 Å². The molecule has 0 bridgehead atoms. The fraction of sp³-hybridized carbons (Fsp3) is 0.0286. The molecule has 0 N–H and O–H groups in total. The second-order valence-electron chi connectivity index (χ2n) is 18.7. The van der Waals surface area contributed by atoms with Crippen LogP contribution < -0.4 is 19.6 Å². The molecule has 0 aliphatic carbocycles. The molecule has 12 rings (SSSR count). The van der Waals surface area contributed by atoms with Crippen LogP contribution in [-0.2, 0) is 0 Å². The lowest BCUT2D eigenvalue weighted by molar-refractivity contribution is 1.26. The Hall–Kier alpha value is -9.64. The molecular weight excluding hydrogens is 897 g/mol. The van der Waals surface area contributed by atoms with E-state index in [4.69, 9.17) is 0 Å². The highest BCUT2D eigenvalue weighted by molar-refractivity contribution is 6.15. The predicted octanol–water partition coefficient (Wildman–Crippen LogP) is 20.2. The molecule has 0 saturated carbocycles. The molecule has 12 aromatic carbocycles. The highest BCUT2D eigenvalue weighted by Crippen LogP contribution is 2.49. The second kappa shape index (κ2) is 20.2. The molecule has 0 unspecified atom stereocenters. The zero-order chi connectivity index (χ0) is 49.8. The van der Waals surface area contributed by atoms with Crippen LogP contribution in [-0.4, -0.2) is 0 Å². The first-order chi connectivity index (χ1) is 36.6. The van der Waals surface area contributed by atoms with E-state index in [9.17, 15) is 0 Å². The Balaban J connectivity index is 0.981. The van der Waals surface area contributed by atoms with Crippen molar-refractivity contribution < 1.29 is 0 Å². The number of hydrogen-bond acceptors (Lipinski definition) is 4. The van der Waals surface area contributed by atoms with Crippen LogP contribution in [0.1, 0.15) is 11.1 Å². The fourth-order valence-corrected chi connectivity index (χ4v) is 10.7. The van der Waals surface area contributed by atoms with Gasteiger partial charge in [-0.25, -0.2) is 0 Å². The Kier molecular flexibility index (Phi) is 12.4. The third-order valence-corrected chi connectivity index (χ3v) is 14.0. The summed E-state index contributed by atoms with van der Waals surface area (Å²) in [4.78, 5) is 9.44. The van der Waals surface area contributed by atoms with E-state index in [2.05, 4.69) is 325 Å². The molecule has 0 atom stereocenters. The van der Waals surface area contributed by atoms with E-state index in [0.717, 1.165) is 68.2 Å². The van der Waals surface area contributed by atoms with E-state index in [-0.39, 0.29) is 0 Å². The molecule has 4 heteroatoms. The molecule has 0 aromatic heterocycles. The number of hydrogen-bond donors (Lipinski definition) is 0. The first kappa shape index (κ1) is 45.5.